The van der Waals surface area contributed by atoms with Crippen molar-refractivity contribution in [2.45, 2.75) is 18.9 Å². The smallest absolute Gasteiger partial charge is 0.320 e. The van der Waals surface area contributed by atoms with Crippen LogP contribution in [0, 0.1) is 0 Å². The number of nitrogens with two attached hydrogens (primary N) is 1. The Labute approximate surface area is 236 Å². The molecule has 0 radical (unpaired) electrons. The Morgan fingerprint density at radius 1 is 1.08 bits per heavy atom. The van der Waals surface area contributed by atoms with Gasteiger partial charge in [-0.25, -0.2) is 0 Å². The van der Waals surface area contributed by atoms with E-state index >= 15 is 0 Å². The van der Waals surface area contributed by atoms with Crippen LogP contribution in [0.15, 0.2) is 60.7 Å². The molecule has 200 valence electrons. The summed E-state index contributed by atoms with van der Waals surface area (Å²) in [4.78, 5) is 39.9. The van der Waals surface area contributed by atoms with Crippen LogP contribution in [-0.4, -0.2) is 38.0 Å². The Hall–Kier alpha value is -3.30. The van der Waals surface area contributed by atoms with Crippen LogP contribution in [0.1, 0.15) is 45.2 Å². The molecule has 0 fully saturated rings. The highest BCUT2D eigenvalue weighted by molar-refractivity contribution is 6.34. The maximum atomic E-state index is 13.7. The van der Waals surface area contributed by atoms with Crippen LogP contribution in [0.25, 0.3) is 0 Å². The molecule has 3 aromatic carbocycles. The average molecular weight is 579 g/mol. The summed E-state index contributed by atoms with van der Waals surface area (Å²) in [6.45, 7) is 0.158. The van der Waals surface area contributed by atoms with E-state index in [2.05, 4.69) is 5.32 Å². The van der Waals surface area contributed by atoms with Crippen molar-refractivity contribution in [3.8, 4) is 5.75 Å². The molecule has 1 heterocycles. The van der Waals surface area contributed by atoms with Gasteiger partial charge in [0.1, 0.15) is 11.9 Å². The van der Waals surface area contributed by atoms with Gasteiger partial charge in [-0.2, -0.15) is 0 Å². The number of nitrogens with one attached hydrogen (secondary N) is 1. The number of methoxy groups -OCH3 is 1. The molecule has 1 unspecified atom stereocenters. The van der Waals surface area contributed by atoms with Crippen molar-refractivity contribution in [2.24, 2.45) is 5.73 Å². The van der Waals surface area contributed by atoms with Crippen molar-refractivity contribution in [2.75, 3.05) is 30.4 Å². The number of hydrogen-bond donors (Lipinski definition) is 2. The second-order valence-corrected chi connectivity index (χ2v) is 9.18. The highest BCUT2D eigenvalue weighted by Gasteiger charge is 2.30. The quantitative estimate of drug-likeness (QED) is 0.365. The van der Waals surface area contributed by atoms with Gasteiger partial charge in [-0.15, -0.1) is 12.4 Å². The number of ether oxygens (including phenoxy) is 2. The summed E-state index contributed by atoms with van der Waals surface area (Å²) < 4.78 is 11.0. The van der Waals surface area contributed by atoms with Gasteiger partial charge in [0.25, 0.3) is 11.8 Å². The molecular weight excluding hydrogens is 553 g/mol. The molecule has 8 nitrogen and oxygen atoms in total. The summed E-state index contributed by atoms with van der Waals surface area (Å²) in [5.74, 6) is -0.905. The van der Waals surface area contributed by atoms with Gasteiger partial charge in [0, 0.05) is 22.7 Å². The van der Waals surface area contributed by atoms with Crippen molar-refractivity contribution in [3.05, 3.63) is 87.4 Å². The number of esters is 1. The summed E-state index contributed by atoms with van der Waals surface area (Å²) in [5, 5.41) is 3.56. The Kier molecular flexibility index (Phi) is 9.99. The summed E-state index contributed by atoms with van der Waals surface area (Å²) in [5.41, 5.74) is 7.72. The molecule has 0 bridgehead atoms. The van der Waals surface area contributed by atoms with Crippen molar-refractivity contribution in [1.29, 1.82) is 0 Å². The van der Waals surface area contributed by atoms with E-state index in [1.807, 2.05) is 0 Å². The summed E-state index contributed by atoms with van der Waals surface area (Å²) in [6.07, 6.45) is 0.530. The Bertz CT molecular complexity index is 1350. The van der Waals surface area contributed by atoms with Crippen LogP contribution in [0.2, 0.25) is 10.0 Å². The summed E-state index contributed by atoms with van der Waals surface area (Å²) in [6, 6.07) is 16.6. The van der Waals surface area contributed by atoms with Crippen LogP contribution in [-0.2, 0) is 9.53 Å². The topological polar surface area (TPSA) is 111 Å². The number of fused-ring (bicyclic) bond motifs is 1. The maximum absolute atomic E-state index is 13.7. The fraction of sp³-hybridized carbons (Fsp3) is 0.222. The number of hydrogen-bond acceptors (Lipinski definition) is 6. The third-order valence-corrected chi connectivity index (χ3v) is 6.54. The molecule has 11 heteroatoms. The lowest BCUT2D eigenvalue weighted by Crippen LogP contribution is -2.31. The van der Waals surface area contributed by atoms with Crippen LogP contribution in [0.4, 0.5) is 11.4 Å². The molecule has 2 amide bonds. The van der Waals surface area contributed by atoms with Gasteiger partial charge < -0.3 is 25.4 Å². The van der Waals surface area contributed by atoms with Gasteiger partial charge in [-0.3, -0.25) is 14.4 Å². The largest absolute Gasteiger partial charge is 0.495 e. The maximum Gasteiger partial charge on any atom is 0.320 e. The minimum absolute atomic E-state index is 0. The lowest BCUT2D eigenvalue weighted by molar-refractivity contribution is -0.148. The lowest BCUT2D eigenvalue weighted by Gasteiger charge is -2.25. The minimum atomic E-state index is -0.570. The fourth-order valence-corrected chi connectivity index (χ4v) is 4.60. The molecule has 38 heavy (non-hydrogen) atoms. The number of anilines is 2. The zero-order valence-electron chi connectivity index (χ0n) is 20.4. The fourth-order valence-electron chi connectivity index (χ4n) is 4.20. The van der Waals surface area contributed by atoms with Crippen molar-refractivity contribution >= 4 is 64.8 Å². The molecule has 0 saturated carbocycles. The van der Waals surface area contributed by atoms with Gasteiger partial charge in [0.05, 0.1) is 35.6 Å². The van der Waals surface area contributed by atoms with Crippen LogP contribution in [0.5, 0.6) is 5.75 Å². The van der Waals surface area contributed by atoms with E-state index in [1.54, 1.807) is 65.6 Å². The molecule has 0 aromatic heterocycles. The monoisotopic (exact) mass is 577 g/mol. The number of halogens is 3. The molecule has 1 atom stereocenters. The number of amides is 2. The summed E-state index contributed by atoms with van der Waals surface area (Å²) >= 11 is 12.4. The van der Waals surface area contributed by atoms with Crippen molar-refractivity contribution in [3.63, 3.8) is 0 Å². The van der Waals surface area contributed by atoms with Gasteiger partial charge in [0.15, 0.2) is 0 Å². The summed E-state index contributed by atoms with van der Waals surface area (Å²) in [7, 11) is 1.45. The Morgan fingerprint density at radius 3 is 2.55 bits per heavy atom. The zero-order valence-corrected chi connectivity index (χ0v) is 22.7. The third kappa shape index (κ3) is 6.39. The van der Waals surface area contributed by atoms with E-state index in [4.69, 9.17) is 38.4 Å². The average Bonchev–Trinajstić information content (AvgIpc) is 3.07. The van der Waals surface area contributed by atoms with Crippen LogP contribution in [0.3, 0.4) is 0 Å². The molecule has 1 aliphatic rings. The molecule has 1 aliphatic heterocycles. The predicted octanol–water partition coefficient (Wildman–Crippen LogP) is 5.66. The van der Waals surface area contributed by atoms with E-state index < -0.39 is 18.0 Å². The van der Waals surface area contributed by atoms with Crippen LogP contribution >= 0.6 is 35.6 Å². The predicted molar refractivity (Wildman–Crippen MR) is 150 cm³/mol. The molecule has 3 N–H and O–H groups in total. The van der Waals surface area contributed by atoms with Gasteiger partial charge in [-0.1, -0.05) is 35.3 Å². The number of benzene rings is 3. The second kappa shape index (κ2) is 13.0. The minimum Gasteiger partial charge on any atom is -0.495 e. The number of nitrogens with zero attached hydrogens (tertiary/aromatic N) is 1. The molecule has 0 spiro atoms. The number of carbonyl (C=O) groups is 3. The van der Waals surface area contributed by atoms with Gasteiger partial charge in [0.2, 0.25) is 0 Å². The van der Waals surface area contributed by atoms with Crippen LogP contribution < -0.4 is 20.7 Å². The van der Waals surface area contributed by atoms with Crippen molar-refractivity contribution < 1.29 is 23.9 Å². The standard InChI is InChI=1S/C27H25Cl2N3O5.ClH/c1-36-24-13-16(8-10-21(24)31-26(34)18-5-2-3-6-20(18)29)27(35)32-12-4-7-23(37-25(33)15-30)19-14-17(28)9-11-22(19)32;/h2-3,5-6,8-11,13-14,23H,4,7,12,15,30H2,1H3,(H,31,34);1H. The van der Waals surface area contributed by atoms with Crippen molar-refractivity contribution in [1.82, 2.24) is 0 Å². The highest BCUT2D eigenvalue weighted by Crippen LogP contribution is 2.38. The van der Waals surface area contributed by atoms with Gasteiger partial charge >= 0.3 is 5.97 Å². The first-order chi connectivity index (χ1) is 17.8. The SMILES string of the molecule is COc1cc(C(=O)N2CCCC(OC(=O)CN)c3cc(Cl)ccc32)ccc1NC(=O)c1ccccc1Cl.Cl. The highest BCUT2D eigenvalue weighted by atomic mass is 35.5. The number of carbonyl (C=O) groups excluding carboxylic acids is 3. The van der Waals surface area contributed by atoms with E-state index in [0.717, 1.165) is 0 Å². The van der Waals surface area contributed by atoms with E-state index in [1.165, 1.54) is 7.11 Å². The normalized spacial score (nSPS) is 14.4. The first kappa shape index (κ1) is 29.3. The molecular formula is C27H26Cl3N3O5. The zero-order chi connectivity index (χ0) is 26.5. The Morgan fingerprint density at radius 2 is 1.84 bits per heavy atom. The van der Waals surface area contributed by atoms with E-state index in [0.29, 0.717) is 63.2 Å². The number of rotatable bonds is 6. The van der Waals surface area contributed by atoms with E-state index in [-0.39, 0.29) is 24.9 Å². The molecule has 0 aliphatic carbocycles. The molecule has 3 aromatic rings. The first-order valence-electron chi connectivity index (χ1n) is 11.6. The third-order valence-electron chi connectivity index (χ3n) is 5.98. The molecule has 0 saturated heterocycles. The first-order valence-corrected chi connectivity index (χ1v) is 12.3. The second-order valence-electron chi connectivity index (χ2n) is 8.33. The van der Waals surface area contributed by atoms with Gasteiger partial charge in [-0.05, 0) is 61.4 Å². The lowest BCUT2D eigenvalue weighted by atomic mass is 10.0. The Balaban J connectivity index is 0.00000400. The van der Waals surface area contributed by atoms with E-state index in [9.17, 15) is 14.4 Å². The molecule has 4 rings (SSSR count).